The molecule has 1 aliphatic rings. The van der Waals surface area contributed by atoms with Gasteiger partial charge < -0.3 is 14.8 Å². The number of ether oxygens (including phenoxy) is 2. The van der Waals surface area contributed by atoms with Crippen molar-refractivity contribution in [1.82, 2.24) is 15.5 Å². The predicted octanol–water partition coefficient (Wildman–Crippen LogP) is 0.815. The first-order valence-corrected chi connectivity index (χ1v) is 5.91. The van der Waals surface area contributed by atoms with Gasteiger partial charge in [0.25, 0.3) is 5.19 Å². The third kappa shape index (κ3) is 3.12. The minimum absolute atomic E-state index is 0.245. The van der Waals surface area contributed by atoms with Crippen LogP contribution in [-0.4, -0.2) is 36.6 Å². The molecular weight excluding hydrogens is 214 g/mol. The highest BCUT2D eigenvalue weighted by molar-refractivity contribution is 7.13. The molecule has 0 unspecified atom stereocenters. The second-order valence-corrected chi connectivity index (χ2v) is 4.45. The summed E-state index contributed by atoms with van der Waals surface area (Å²) in [5.74, 6) is 0. The molecule has 0 atom stereocenters. The van der Waals surface area contributed by atoms with Gasteiger partial charge in [0.05, 0.1) is 13.2 Å². The molecule has 1 aromatic rings. The van der Waals surface area contributed by atoms with Crippen LogP contribution in [0.5, 0.6) is 5.19 Å². The molecule has 0 radical (unpaired) electrons. The Bertz CT molecular complexity index is 299. The molecule has 0 spiro atoms. The van der Waals surface area contributed by atoms with E-state index < -0.39 is 0 Å². The van der Waals surface area contributed by atoms with E-state index in [0.29, 0.717) is 5.19 Å². The van der Waals surface area contributed by atoms with Crippen molar-refractivity contribution >= 4 is 11.3 Å². The van der Waals surface area contributed by atoms with Crippen LogP contribution < -0.4 is 10.1 Å². The number of hydrogen-bond donors (Lipinski definition) is 1. The molecule has 0 aliphatic carbocycles. The first kappa shape index (κ1) is 10.8. The van der Waals surface area contributed by atoms with Gasteiger partial charge in [0.15, 0.2) is 0 Å². The first-order chi connectivity index (χ1) is 7.38. The van der Waals surface area contributed by atoms with Crippen LogP contribution in [0.4, 0.5) is 0 Å². The third-order valence-corrected chi connectivity index (χ3v) is 3.03. The van der Waals surface area contributed by atoms with Gasteiger partial charge >= 0.3 is 0 Å². The van der Waals surface area contributed by atoms with Crippen molar-refractivity contribution in [3.63, 3.8) is 0 Å². The van der Waals surface area contributed by atoms with E-state index in [1.54, 1.807) is 0 Å². The molecule has 5 nitrogen and oxygen atoms in total. The number of rotatable bonds is 4. The van der Waals surface area contributed by atoms with E-state index >= 15 is 0 Å². The molecule has 2 heterocycles. The molecule has 84 valence electrons. The normalized spacial score (nSPS) is 17.9. The van der Waals surface area contributed by atoms with Crippen molar-refractivity contribution in [2.45, 2.75) is 25.5 Å². The fraction of sp³-hybridized carbons (Fsp3) is 0.778. The highest BCUT2D eigenvalue weighted by Crippen LogP contribution is 2.21. The molecule has 6 heteroatoms. The molecule has 1 fully saturated rings. The number of aromatic nitrogens is 2. The summed E-state index contributed by atoms with van der Waals surface area (Å²) in [7, 11) is 1.89. The van der Waals surface area contributed by atoms with Gasteiger partial charge in [0, 0.05) is 19.4 Å². The van der Waals surface area contributed by atoms with Gasteiger partial charge in [0.2, 0.25) is 0 Å². The van der Waals surface area contributed by atoms with E-state index in [1.165, 1.54) is 11.3 Å². The molecule has 1 saturated heterocycles. The minimum Gasteiger partial charge on any atom is -0.465 e. The van der Waals surface area contributed by atoms with Crippen LogP contribution in [0, 0.1) is 0 Å². The van der Waals surface area contributed by atoms with Crippen LogP contribution in [0.3, 0.4) is 0 Å². The van der Waals surface area contributed by atoms with Crippen LogP contribution in [0.25, 0.3) is 0 Å². The van der Waals surface area contributed by atoms with Crippen molar-refractivity contribution in [2.75, 3.05) is 20.3 Å². The Labute approximate surface area is 92.8 Å². The van der Waals surface area contributed by atoms with Crippen LogP contribution in [-0.2, 0) is 11.3 Å². The Kier molecular flexibility index (Phi) is 3.87. The molecule has 2 rings (SSSR count). The SMILES string of the molecule is CNCc1nnc(OC2CCOCC2)s1. The second kappa shape index (κ2) is 5.39. The van der Waals surface area contributed by atoms with Crippen LogP contribution >= 0.6 is 11.3 Å². The van der Waals surface area contributed by atoms with Gasteiger partial charge in [-0.15, -0.1) is 5.10 Å². The zero-order valence-corrected chi connectivity index (χ0v) is 9.55. The molecule has 0 amide bonds. The summed E-state index contributed by atoms with van der Waals surface area (Å²) in [5.41, 5.74) is 0. The zero-order valence-electron chi connectivity index (χ0n) is 8.73. The number of nitrogens with one attached hydrogen (secondary N) is 1. The molecule has 1 aliphatic heterocycles. The highest BCUT2D eigenvalue weighted by Gasteiger charge is 2.17. The lowest BCUT2D eigenvalue weighted by molar-refractivity contribution is 0.0252. The number of hydrogen-bond acceptors (Lipinski definition) is 6. The van der Waals surface area contributed by atoms with E-state index in [2.05, 4.69) is 15.5 Å². The smallest absolute Gasteiger partial charge is 0.294 e. The number of nitrogens with zero attached hydrogens (tertiary/aromatic N) is 2. The van der Waals surface area contributed by atoms with Crippen molar-refractivity contribution in [2.24, 2.45) is 0 Å². The summed E-state index contributed by atoms with van der Waals surface area (Å²) in [6.07, 6.45) is 2.14. The molecule has 1 aromatic heterocycles. The average molecular weight is 229 g/mol. The van der Waals surface area contributed by atoms with Crippen molar-refractivity contribution < 1.29 is 9.47 Å². The van der Waals surface area contributed by atoms with E-state index in [-0.39, 0.29) is 6.10 Å². The fourth-order valence-electron chi connectivity index (χ4n) is 1.44. The second-order valence-electron chi connectivity index (χ2n) is 3.42. The Balaban J connectivity index is 1.86. The summed E-state index contributed by atoms with van der Waals surface area (Å²) in [5, 5.41) is 12.7. The van der Waals surface area contributed by atoms with Gasteiger partial charge in [-0.1, -0.05) is 16.4 Å². The summed E-state index contributed by atoms with van der Waals surface area (Å²) < 4.78 is 11.0. The maximum absolute atomic E-state index is 5.72. The van der Waals surface area contributed by atoms with E-state index in [1.807, 2.05) is 7.05 Å². The first-order valence-electron chi connectivity index (χ1n) is 5.10. The summed E-state index contributed by atoms with van der Waals surface area (Å²) in [6, 6.07) is 0. The molecular formula is C9H15N3O2S. The maximum atomic E-state index is 5.72. The Morgan fingerprint density at radius 2 is 2.27 bits per heavy atom. The van der Waals surface area contributed by atoms with Crippen LogP contribution in [0.2, 0.25) is 0 Å². The Morgan fingerprint density at radius 3 is 3.00 bits per heavy atom. The molecule has 0 aromatic carbocycles. The van der Waals surface area contributed by atoms with Gasteiger partial charge in [-0.05, 0) is 7.05 Å². The fourth-order valence-corrected chi connectivity index (χ4v) is 2.21. The lowest BCUT2D eigenvalue weighted by Gasteiger charge is -2.21. The molecule has 0 bridgehead atoms. The molecule has 0 saturated carbocycles. The van der Waals surface area contributed by atoms with E-state index in [0.717, 1.165) is 37.6 Å². The van der Waals surface area contributed by atoms with Crippen molar-refractivity contribution in [3.8, 4) is 5.19 Å². The maximum Gasteiger partial charge on any atom is 0.294 e. The van der Waals surface area contributed by atoms with Gasteiger partial charge in [-0.25, -0.2) is 0 Å². The molecule has 1 N–H and O–H groups in total. The summed E-state index contributed by atoms with van der Waals surface area (Å²) in [6.45, 7) is 2.31. The quantitative estimate of drug-likeness (QED) is 0.828. The van der Waals surface area contributed by atoms with Gasteiger partial charge in [0.1, 0.15) is 11.1 Å². The topological polar surface area (TPSA) is 56.3 Å². The lowest BCUT2D eigenvalue weighted by Crippen LogP contribution is -2.25. The largest absolute Gasteiger partial charge is 0.465 e. The van der Waals surface area contributed by atoms with Gasteiger partial charge in [-0.2, -0.15) is 0 Å². The van der Waals surface area contributed by atoms with Gasteiger partial charge in [-0.3, -0.25) is 0 Å². The summed E-state index contributed by atoms with van der Waals surface area (Å²) >= 11 is 1.50. The standard InChI is InChI=1S/C9H15N3O2S/c1-10-6-8-11-12-9(15-8)14-7-2-4-13-5-3-7/h7,10H,2-6H2,1H3. The Morgan fingerprint density at radius 1 is 1.47 bits per heavy atom. The van der Waals surface area contributed by atoms with Crippen molar-refractivity contribution in [3.05, 3.63) is 5.01 Å². The van der Waals surface area contributed by atoms with Crippen LogP contribution in [0.1, 0.15) is 17.8 Å². The third-order valence-electron chi connectivity index (χ3n) is 2.21. The van der Waals surface area contributed by atoms with E-state index in [4.69, 9.17) is 9.47 Å². The minimum atomic E-state index is 0.245. The predicted molar refractivity (Wildman–Crippen MR) is 57.1 cm³/mol. The zero-order chi connectivity index (χ0) is 10.5. The highest BCUT2D eigenvalue weighted by atomic mass is 32.1. The van der Waals surface area contributed by atoms with Crippen molar-refractivity contribution in [1.29, 1.82) is 0 Å². The summed E-state index contributed by atoms with van der Waals surface area (Å²) in [4.78, 5) is 0. The van der Waals surface area contributed by atoms with Crippen LogP contribution in [0.15, 0.2) is 0 Å². The monoisotopic (exact) mass is 229 g/mol. The van der Waals surface area contributed by atoms with E-state index in [9.17, 15) is 0 Å². The Hall–Kier alpha value is -0.720. The molecule has 15 heavy (non-hydrogen) atoms. The lowest BCUT2D eigenvalue weighted by atomic mass is 10.2. The average Bonchev–Trinajstić information content (AvgIpc) is 2.68.